The minimum Gasteiger partial charge on any atom is -0.395 e. The zero-order valence-corrected chi connectivity index (χ0v) is 19.4. The summed E-state index contributed by atoms with van der Waals surface area (Å²) in [6.45, 7) is 1.54. The van der Waals surface area contributed by atoms with Crippen LogP contribution in [0.5, 0.6) is 0 Å². The predicted molar refractivity (Wildman–Crippen MR) is 121 cm³/mol. The number of anilines is 1. The lowest BCUT2D eigenvalue weighted by atomic mass is 10.2. The number of hydrogen-bond donors (Lipinski definition) is 3. The van der Waals surface area contributed by atoms with Crippen molar-refractivity contribution in [2.45, 2.75) is 25.6 Å². The SMILES string of the molecule is C[C@H](NC(=O)c1cc(C#CCCO)ncn1)c1ncc(C(=O)Nc2cc(C(F)(F)F)c(Cl)cn2)s1. The number of thiazole rings is 1. The Balaban J connectivity index is 1.66. The van der Waals surface area contributed by atoms with Gasteiger partial charge in [0.2, 0.25) is 0 Å². The van der Waals surface area contributed by atoms with Gasteiger partial charge in [-0.15, -0.1) is 11.3 Å². The summed E-state index contributed by atoms with van der Waals surface area (Å²) in [5, 5.41) is 13.5. The summed E-state index contributed by atoms with van der Waals surface area (Å²) in [4.78, 5) is 40.7. The van der Waals surface area contributed by atoms with E-state index in [1.165, 1.54) is 18.6 Å². The molecule has 0 spiro atoms. The Morgan fingerprint density at radius 1 is 1.17 bits per heavy atom. The van der Waals surface area contributed by atoms with Crippen molar-refractivity contribution in [1.29, 1.82) is 0 Å². The zero-order chi connectivity index (χ0) is 25.6. The summed E-state index contributed by atoms with van der Waals surface area (Å²) in [6, 6.07) is 1.41. The van der Waals surface area contributed by atoms with Crippen LogP contribution in [-0.4, -0.2) is 43.5 Å². The molecule has 35 heavy (non-hydrogen) atoms. The standard InChI is InChI=1S/C21H16ClF3N6O3S/c1-11(30-18(33)15-6-12(28-10-29-15)4-2-3-5-32)20-27-9-16(35-20)19(34)31-17-7-13(21(23,24)25)14(22)8-26-17/h6-11,32H,3,5H2,1H3,(H,30,33)(H,26,31,34)/t11-/m0/s1. The monoisotopic (exact) mass is 524 g/mol. The second-order valence-corrected chi connectivity index (χ2v) is 8.29. The normalized spacial score (nSPS) is 11.8. The van der Waals surface area contributed by atoms with E-state index in [0.29, 0.717) is 16.8 Å². The average Bonchev–Trinajstić information content (AvgIpc) is 3.31. The average molecular weight is 525 g/mol. The zero-order valence-electron chi connectivity index (χ0n) is 17.9. The number of carbonyl (C=O) groups is 2. The first kappa shape index (κ1) is 26.0. The third-order valence-corrected chi connectivity index (χ3v) is 5.70. The highest BCUT2D eigenvalue weighted by Crippen LogP contribution is 2.35. The fourth-order valence-corrected chi connectivity index (χ4v) is 3.61. The highest BCUT2D eigenvalue weighted by atomic mass is 35.5. The first-order chi connectivity index (χ1) is 16.6. The molecule has 0 aliphatic rings. The van der Waals surface area contributed by atoms with Crippen molar-refractivity contribution < 1.29 is 27.9 Å². The number of aromatic nitrogens is 4. The van der Waals surface area contributed by atoms with Gasteiger partial charge in [0.15, 0.2) is 0 Å². The summed E-state index contributed by atoms with van der Waals surface area (Å²) in [5.74, 6) is 3.81. The van der Waals surface area contributed by atoms with Gasteiger partial charge in [-0.3, -0.25) is 9.59 Å². The molecular formula is C21H16ClF3N6O3S. The molecule has 0 bridgehead atoms. The van der Waals surface area contributed by atoms with Gasteiger partial charge in [-0.25, -0.2) is 19.9 Å². The lowest BCUT2D eigenvalue weighted by molar-refractivity contribution is -0.137. The largest absolute Gasteiger partial charge is 0.418 e. The molecule has 3 heterocycles. The van der Waals surface area contributed by atoms with Crippen LogP contribution in [0.3, 0.4) is 0 Å². The number of aliphatic hydroxyl groups excluding tert-OH is 1. The fourth-order valence-electron chi connectivity index (χ4n) is 2.59. The van der Waals surface area contributed by atoms with E-state index in [0.717, 1.165) is 17.5 Å². The summed E-state index contributed by atoms with van der Waals surface area (Å²) in [7, 11) is 0. The van der Waals surface area contributed by atoms with Crippen LogP contribution in [-0.2, 0) is 6.18 Å². The van der Waals surface area contributed by atoms with Gasteiger partial charge in [0.1, 0.15) is 33.4 Å². The van der Waals surface area contributed by atoms with Crippen LogP contribution in [0.25, 0.3) is 0 Å². The minimum absolute atomic E-state index is 0.0592. The van der Waals surface area contributed by atoms with Crippen molar-refractivity contribution in [3.63, 3.8) is 0 Å². The Morgan fingerprint density at radius 3 is 2.66 bits per heavy atom. The second-order valence-electron chi connectivity index (χ2n) is 6.82. The first-order valence-electron chi connectivity index (χ1n) is 9.81. The van der Waals surface area contributed by atoms with Crippen molar-refractivity contribution >= 4 is 40.6 Å². The van der Waals surface area contributed by atoms with Crippen LogP contribution in [0.2, 0.25) is 5.02 Å². The molecule has 3 rings (SSSR count). The molecule has 14 heteroatoms. The molecule has 0 saturated carbocycles. The minimum atomic E-state index is -4.71. The van der Waals surface area contributed by atoms with E-state index < -0.39 is 34.6 Å². The predicted octanol–water partition coefficient (Wildman–Crippen LogP) is 3.48. The van der Waals surface area contributed by atoms with Crippen molar-refractivity contribution in [2.75, 3.05) is 11.9 Å². The summed E-state index contributed by atoms with van der Waals surface area (Å²) in [6.07, 6.45) is -1.23. The number of hydrogen-bond acceptors (Lipinski definition) is 8. The quantitative estimate of drug-likeness (QED) is 0.421. The topological polar surface area (TPSA) is 130 Å². The van der Waals surface area contributed by atoms with Gasteiger partial charge < -0.3 is 15.7 Å². The highest BCUT2D eigenvalue weighted by Gasteiger charge is 2.34. The maximum absolute atomic E-state index is 13.0. The maximum atomic E-state index is 13.0. The van der Waals surface area contributed by atoms with Gasteiger partial charge in [-0.2, -0.15) is 13.2 Å². The molecule has 0 aliphatic heterocycles. The van der Waals surface area contributed by atoms with Gasteiger partial charge >= 0.3 is 6.18 Å². The Labute approximate surface area is 205 Å². The molecule has 0 aliphatic carbocycles. The smallest absolute Gasteiger partial charge is 0.395 e. The third kappa shape index (κ3) is 6.95. The molecule has 2 amide bonds. The first-order valence-corrected chi connectivity index (χ1v) is 11.0. The van der Waals surface area contributed by atoms with Crippen molar-refractivity contribution in [3.05, 3.63) is 62.7 Å². The van der Waals surface area contributed by atoms with Gasteiger partial charge in [-0.1, -0.05) is 17.5 Å². The van der Waals surface area contributed by atoms with Gasteiger partial charge in [0.05, 0.1) is 29.4 Å². The number of aliphatic hydroxyl groups is 1. The summed E-state index contributed by atoms with van der Waals surface area (Å²) >= 11 is 6.48. The molecule has 182 valence electrons. The van der Waals surface area contributed by atoms with E-state index in [4.69, 9.17) is 16.7 Å². The number of nitrogens with one attached hydrogen (secondary N) is 2. The lowest BCUT2D eigenvalue weighted by Crippen LogP contribution is -2.27. The summed E-state index contributed by atoms with van der Waals surface area (Å²) < 4.78 is 39.0. The Kier molecular flexibility index (Phi) is 8.34. The Hall–Kier alpha value is -3.60. The second kappa shape index (κ2) is 11.2. The van der Waals surface area contributed by atoms with Crippen molar-refractivity contribution in [3.8, 4) is 11.8 Å². The lowest BCUT2D eigenvalue weighted by Gasteiger charge is -2.11. The highest BCUT2D eigenvalue weighted by molar-refractivity contribution is 7.13. The maximum Gasteiger partial charge on any atom is 0.418 e. The molecule has 0 saturated heterocycles. The number of nitrogens with zero attached hydrogens (tertiary/aromatic N) is 4. The van der Waals surface area contributed by atoms with Crippen LogP contribution in [0.1, 0.15) is 55.8 Å². The number of pyridine rings is 1. The molecule has 1 atom stereocenters. The van der Waals surface area contributed by atoms with E-state index in [9.17, 15) is 22.8 Å². The molecule has 0 fully saturated rings. The molecule has 3 N–H and O–H groups in total. The third-order valence-electron chi connectivity index (χ3n) is 4.22. The van der Waals surface area contributed by atoms with Crippen LogP contribution in [0.15, 0.2) is 30.9 Å². The molecule has 0 aromatic carbocycles. The molecule has 0 unspecified atom stereocenters. The molecule has 3 aromatic rings. The van der Waals surface area contributed by atoms with Crippen LogP contribution >= 0.6 is 22.9 Å². The van der Waals surface area contributed by atoms with Crippen molar-refractivity contribution in [1.82, 2.24) is 25.3 Å². The van der Waals surface area contributed by atoms with Gasteiger partial charge in [0, 0.05) is 18.7 Å². The van der Waals surface area contributed by atoms with E-state index in [-0.39, 0.29) is 29.4 Å². The Bertz CT molecular complexity index is 1310. The van der Waals surface area contributed by atoms with E-state index in [1.54, 1.807) is 6.92 Å². The van der Waals surface area contributed by atoms with Gasteiger partial charge in [-0.05, 0) is 18.9 Å². The molecule has 9 nitrogen and oxygen atoms in total. The molecule has 0 radical (unpaired) electrons. The number of rotatable bonds is 6. The van der Waals surface area contributed by atoms with E-state index in [2.05, 4.69) is 42.4 Å². The Morgan fingerprint density at radius 2 is 1.94 bits per heavy atom. The number of alkyl halides is 3. The summed E-state index contributed by atoms with van der Waals surface area (Å²) in [5.41, 5.74) is -0.758. The number of amides is 2. The molecule has 3 aromatic heterocycles. The molecular weight excluding hydrogens is 509 g/mol. The van der Waals surface area contributed by atoms with Gasteiger partial charge in [0.25, 0.3) is 11.8 Å². The van der Waals surface area contributed by atoms with E-state index >= 15 is 0 Å². The van der Waals surface area contributed by atoms with Crippen LogP contribution in [0.4, 0.5) is 19.0 Å². The van der Waals surface area contributed by atoms with Crippen LogP contribution < -0.4 is 10.6 Å². The fraction of sp³-hybridized carbons (Fsp3) is 0.238. The number of carbonyl (C=O) groups excluding carboxylic acids is 2. The van der Waals surface area contributed by atoms with E-state index in [1.807, 2.05) is 0 Å². The van der Waals surface area contributed by atoms with Crippen molar-refractivity contribution in [2.24, 2.45) is 0 Å². The number of halogens is 4. The van der Waals surface area contributed by atoms with Crippen LogP contribution in [0, 0.1) is 11.8 Å².